The molecule has 1 aliphatic rings. The van der Waals surface area contributed by atoms with E-state index in [2.05, 4.69) is 22.1 Å². The van der Waals surface area contributed by atoms with Gasteiger partial charge in [0.15, 0.2) is 11.5 Å². The predicted octanol–water partition coefficient (Wildman–Crippen LogP) is 1.12. The maximum atomic E-state index is 11.5. The fraction of sp³-hybridized carbons (Fsp3) is 0.538. The van der Waals surface area contributed by atoms with Gasteiger partial charge in [0.2, 0.25) is 0 Å². The third-order valence-corrected chi connectivity index (χ3v) is 4.67. The average molecular weight is 293 g/mol. The van der Waals surface area contributed by atoms with Gasteiger partial charge in [-0.05, 0) is 6.42 Å². The zero-order valence-electron chi connectivity index (χ0n) is 11.6. The number of aromatic nitrogens is 3. The highest BCUT2D eigenvalue weighted by Gasteiger charge is 2.20. The molecule has 0 radical (unpaired) electrons. The van der Waals surface area contributed by atoms with Crippen LogP contribution in [-0.2, 0) is 10.8 Å². The van der Waals surface area contributed by atoms with Crippen molar-refractivity contribution in [3.8, 4) is 0 Å². The van der Waals surface area contributed by atoms with Gasteiger partial charge < -0.3 is 14.6 Å². The van der Waals surface area contributed by atoms with Crippen LogP contribution in [0.2, 0.25) is 0 Å². The van der Waals surface area contributed by atoms with Crippen LogP contribution in [0.4, 0.5) is 11.6 Å². The minimum atomic E-state index is -0.681. The third kappa shape index (κ3) is 2.63. The molecule has 20 heavy (non-hydrogen) atoms. The summed E-state index contributed by atoms with van der Waals surface area (Å²) in [5.74, 6) is 3.16. The number of nitrogens with zero attached hydrogens (tertiary/aromatic N) is 4. The normalized spacial score (nSPS) is 16.8. The van der Waals surface area contributed by atoms with Gasteiger partial charge in [0, 0.05) is 54.3 Å². The van der Waals surface area contributed by atoms with Crippen LogP contribution < -0.4 is 10.2 Å². The second-order valence-corrected chi connectivity index (χ2v) is 6.57. The van der Waals surface area contributed by atoms with Gasteiger partial charge in [-0.15, -0.1) is 0 Å². The lowest BCUT2D eigenvalue weighted by molar-refractivity contribution is 0.672. The predicted molar refractivity (Wildman–Crippen MR) is 81.9 cm³/mol. The van der Waals surface area contributed by atoms with E-state index < -0.39 is 10.8 Å². The molecule has 2 aromatic heterocycles. The Bertz CT molecular complexity index is 616. The number of hydrogen-bond donors (Lipinski definition) is 1. The minimum absolute atomic E-state index is 0.681. The van der Waals surface area contributed by atoms with Crippen molar-refractivity contribution in [1.29, 1.82) is 0 Å². The summed E-state index contributed by atoms with van der Waals surface area (Å²) < 4.78 is 13.5. The molecule has 1 N–H and O–H groups in total. The van der Waals surface area contributed by atoms with Crippen LogP contribution in [0.3, 0.4) is 0 Å². The largest absolute Gasteiger partial charge is 0.369 e. The van der Waals surface area contributed by atoms with E-state index in [4.69, 9.17) is 4.98 Å². The molecule has 1 aliphatic heterocycles. The first-order chi connectivity index (χ1) is 9.78. The van der Waals surface area contributed by atoms with Crippen LogP contribution in [0.25, 0.3) is 5.65 Å². The number of hydrogen-bond acceptors (Lipinski definition) is 5. The Kier molecular flexibility index (Phi) is 3.86. The molecular weight excluding hydrogens is 274 g/mol. The summed E-state index contributed by atoms with van der Waals surface area (Å²) in [4.78, 5) is 11.3. The second kappa shape index (κ2) is 5.78. The van der Waals surface area contributed by atoms with Crippen molar-refractivity contribution in [2.24, 2.45) is 0 Å². The van der Waals surface area contributed by atoms with Crippen LogP contribution in [0.1, 0.15) is 13.3 Å². The summed E-state index contributed by atoms with van der Waals surface area (Å²) in [5, 5.41) is 3.32. The molecule has 0 aliphatic carbocycles. The Morgan fingerprint density at radius 2 is 2.20 bits per heavy atom. The van der Waals surface area contributed by atoms with E-state index in [-0.39, 0.29) is 0 Å². The molecular formula is C13H19N5OS. The molecule has 0 saturated carbocycles. The number of rotatable bonds is 4. The molecule has 0 amide bonds. The highest BCUT2D eigenvalue weighted by Crippen LogP contribution is 2.22. The van der Waals surface area contributed by atoms with Gasteiger partial charge in [0.05, 0.1) is 6.20 Å². The summed E-state index contributed by atoms with van der Waals surface area (Å²) in [6.07, 6.45) is 6.73. The zero-order valence-corrected chi connectivity index (χ0v) is 12.4. The van der Waals surface area contributed by atoms with Gasteiger partial charge in [0.1, 0.15) is 5.82 Å². The lowest BCUT2D eigenvalue weighted by Crippen LogP contribution is -2.38. The summed E-state index contributed by atoms with van der Waals surface area (Å²) >= 11 is 0. The fourth-order valence-corrected chi connectivity index (χ4v) is 3.37. The maximum Gasteiger partial charge on any atom is 0.180 e. The number of anilines is 2. The van der Waals surface area contributed by atoms with E-state index in [1.165, 1.54) is 0 Å². The molecule has 3 rings (SSSR count). The Morgan fingerprint density at radius 3 is 2.95 bits per heavy atom. The molecule has 3 heterocycles. The van der Waals surface area contributed by atoms with Crippen LogP contribution in [0, 0.1) is 0 Å². The van der Waals surface area contributed by atoms with E-state index in [0.717, 1.165) is 43.3 Å². The Labute approximate surface area is 120 Å². The molecule has 0 aromatic carbocycles. The Hall–Kier alpha value is -1.63. The van der Waals surface area contributed by atoms with E-state index in [1.54, 1.807) is 6.20 Å². The van der Waals surface area contributed by atoms with E-state index in [9.17, 15) is 4.21 Å². The van der Waals surface area contributed by atoms with Crippen LogP contribution >= 0.6 is 0 Å². The lowest BCUT2D eigenvalue weighted by Gasteiger charge is -2.27. The zero-order chi connectivity index (χ0) is 13.9. The summed E-state index contributed by atoms with van der Waals surface area (Å²) in [6, 6.07) is 0. The van der Waals surface area contributed by atoms with Crippen LogP contribution in [0.5, 0.6) is 0 Å². The molecule has 7 heteroatoms. The van der Waals surface area contributed by atoms with Gasteiger partial charge in [-0.2, -0.15) is 0 Å². The molecule has 108 valence electrons. The van der Waals surface area contributed by atoms with Gasteiger partial charge >= 0.3 is 0 Å². The van der Waals surface area contributed by atoms with Gasteiger partial charge in [0.25, 0.3) is 0 Å². The SMILES string of the molecule is CCCNc1cn2ccnc2c(N2CCS(=O)CC2)n1. The fourth-order valence-electron chi connectivity index (χ4n) is 2.32. The maximum absolute atomic E-state index is 11.5. The molecule has 6 nitrogen and oxygen atoms in total. The highest BCUT2D eigenvalue weighted by molar-refractivity contribution is 7.85. The molecule has 0 bridgehead atoms. The molecule has 0 spiro atoms. The first-order valence-corrected chi connectivity index (χ1v) is 8.44. The third-order valence-electron chi connectivity index (χ3n) is 3.39. The lowest BCUT2D eigenvalue weighted by atomic mass is 10.4. The van der Waals surface area contributed by atoms with Crippen molar-refractivity contribution < 1.29 is 4.21 Å². The Morgan fingerprint density at radius 1 is 1.40 bits per heavy atom. The molecule has 0 atom stereocenters. The number of imidazole rings is 1. The topological polar surface area (TPSA) is 62.5 Å². The van der Waals surface area contributed by atoms with E-state index in [1.807, 2.05) is 16.8 Å². The molecule has 2 aromatic rings. The minimum Gasteiger partial charge on any atom is -0.369 e. The van der Waals surface area contributed by atoms with Gasteiger partial charge in [-0.3, -0.25) is 4.21 Å². The summed E-state index contributed by atoms with van der Waals surface area (Å²) in [6.45, 7) is 4.58. The molecule has 0 unspecified atom stereocenters. The quantitative estimate of drug-likeness (QED) is 0.915. The highest BCUT2D eigenvalue weighted by atomic mass is 32.2. The summed E-state index contributed by atoms with van der Waals surface area (Å²) in [5.41, 5.74) is 0.861. The number of fused-ring (bicyclic) bond motifs is 1. The number of nitrogens with one attached hydrogen (secondary N) is 1. The molecule has 1 fully saturated rings. The van der Waals surface area contributed by atoms with E-state index >= 15 is 0 Å². The van der Waals surface area contributed by atoms with Crippen molar-refractivity contribution in [3.63, 3.8) is 0 Å². The summed E-state index contributed by atoms with van der Waals surface area (Å²) in [7, 11) is -0.681. The van der Waals surface area contributed by atoms with Crippen molar-refractivity contribution in [3.05, 3.63) is 18.6 Å². The van der Waals surface area contributed by atoms with Crippen molar-refractivity contribution >= 4 is 28.1 Å². The van der Waals surface area contributed by atoms with Crippen molar-refractivity contribution in [2.75, 3.05) is 41.4 Å². The monoisotopic (exact) mass is 293 g/mol. The van der Waals surface area contributed by atoms with Crippen LogP contribution in [-0.4, -0.2) is 49.7 Å². The van der Waals surface area contributed by atoms with Crippen LogP contribution in [0.15, 0.2) is 18.6 Å². The standard InChI is InChI=1S/C13H19N5OS/c1-2-3-14-11-10-18-5-4-15-12(18)13(16-11)17-6-8-20(19)9-7-17/h4-5,10,14H,2-3,6-9H2,1H3. The van der Waals surface area contributed by atoms with Crippen molar-refractivity contribution in [1.82, 2.24) is 14.4 Å². The average Bonchev–Trinajstić information content (AvgIpc) is 2.93. The second-order valence-electron chi connectivity index (χ2n) is 4.87. The smallest absolute Gasteiger partial charge is 0.180 e. The first kappa shape index (κ1) is 13.4. The Balaban J connectivity index is 1.94. The first-order valence-electron chi connectivity index (χ1n) is 6.95. The van der Waals surface area contributed by atoms with Crippen molar-refractivity contribution in [2.45, 2.75) is 13.3 Å². The van der Waals surface area contributed by atoms with Gasteiger partial charge in [-0.25, -0.2) is 9.97 Å². The van der Waals surface area contributed by atoms with Gasteiger partial charge in [-0.1, -0.05) is 6.92 Å². The van der Waals surface area contributed by atoms with E-state index in [0.29, 0.717) is 11.5 Å². The molecule has 1 saturated heterocycles.